The molecule has 1 saturated heterocycles. The summed E-state index contributed by atoms with van der Waals surface area (Å²) >= 11 is 0. The van der Waals surface area contributed by atoms with Crippen LogP contribution in [0.25, 0.3) is 11.2 Å². The minimum absolute atomic E-state index is 0.0276. The summed E-state index contributed by atoms with van der Waals surface area (Å²) in [7, 11) is 1.64. The van der Waals surface area contributed by atoms with E-state index in [1.54, 1.807) is 47.3 Å². The third-order valence-corrected chi connectivity index (χ3v) is 5.92. The van der Waals surface area contributed by atoms with Gasteiger partial charge in [-0.15, -0.1) is 0 Å². The third kappa shape index (κ3) is 3.51. The fourth-order valence-corrected chi connectivity index (χ4v) is 4.27. The van der Waals surface area contributed by atoms with Gasteiger partial charge in [-0.2, -0.15) is 0 Å². The lowest BCUT2D eigenvalue weighted by Crippen LogP contribution is -2.43. The normalized spacial score (nSPS) is 18.5. The molecule has 1 unspecified atom stereocenters. The lowest BCUT2D eigenvalue weighted by atomic mass is 10.0. The maximum absolute atomic E-state index is 12.9. The minimum atomic E-state index is -0.339. The van der Waals surface area contributed by atoms with Gasteiger partial charge in [0.15, 0.2) is 5.65 Å². The van der Waals surface area contributed by atoms with Crippen LogP contribution in [0.5, 0.6) is 0 Å². The van der Waals surface area contributed by atoms with Crippen molar-refractivity contribution in [1.29, 1.82) is 0 Å². The number of hydrogen-bond acceptors (Lipinski definition) is 6. The maximum atomic E-state index is 12.9. The van der Waals surface area contributed by atoms with Crippen LogP contribution in [0.15, 0.2) is 50.2 Å². The second kappa shape index (κ2) is 7.91. The lowest BCUT2D eigenvalue weighted by Gasteiger charge is -2.32. The van der Waals surface area contributed by atoms with Crippen LogP contribution >= 0.6 is 0 Å². The van der Waals surface area contributed by atoms with Crippen LogP contribution in [0.2, 0.25) is 0 Å². The molecule has 2 amide bonds. The Bertz CT molecular complexity index is 1350. The van der Waals surface area contributed by atoms with Crippen LogP contribution in [0.1, 0.15) is 30.5 Å². The number of H-pyrrole nitrogens is 1. The molecule has 164 valence electrons. The number of carbonyl (C=O) groups excluding carboxylic acids is 1. The molecular formula is C21H22N8O3. The quantitative estimate of drug-likeness (QED) is 0.646. The summed E-state index contributed by atoms with van der Waals surface area (Å²) < 4.78 is 3.15. The van der Waals surface area contributed by atoms with E-state index in [4.69, 9.17) is 0 Å². The van der Waals surface area contributed by atoms with E-state index in [0.717, 1.165) is 11.1 Å². The second-order valence-corrected chi connectivity index (χ2v) is 7.93. The van der Waals surface area contributed by atoms with Gasteiger partial charge in [0.05, 0.1) is 5.52 Å². The number of rotatable bonds is 3. The van der Waals surface area contributed by atoms with Crippen LogP contribution in [-0.4, -0.2) is 55.7 Å². The number of aromatic amines is 1. The average Bonchev–Trinajstić information content (AvgIpc) is 3.44. The standard InChI is InChI=1S/C21H22N8O3/c1-27-11-13(16-10-22-12-24-16)9-15(19(27)30)25-20(31)28-7-4-14(5-8-28)29-17-3-2-6-23-18(17)26-21(29)32/h2-3,6,9-12,14,16H,4-5,7-8H2,1H3,(H,25,31)(H,23,26,32). The number of hydrogen-bond donors (Lipinski definition) is 2. The van der Waals surface area contributed by atoms with Gasteiger partial charge in [-0.3, -0.25) is 19.3 Å². The average molecular weight is 434 g/mol. The van der Waals surface area contributed by atoms with E-state index in [1.165, 1.54) is 10.9 Å². The highest BCUT2D eigenvalue weighted by atomic mass is 16.2. The van der Waals surface area contributed by atoms with Crippen molar-refractivity contribution in [3.8, 4) is 0 Å². The Kier molecular flexibility index (Phi) is 4.92. The number of nitrogens with one attached hydrogen (secondary N) is 2. The van der Waals surface area contributed by atoms with Gasteiger partial charge < -0.3 is 14.8 Å². The van der Waals surface area contributed by atoms with Gasteiger partial charge in [-0.1, -0.05) is 0 Å². The largest absolute Gasteiger partial charge is 0.327 e. The van der Waals surface area contributed by atoms with Gasteiger partial charge in [0, 0.05) is 50.4 Å². The highest BCUT2D eigenvalue weighted by Gasteiger charge is 2.27. The van der Waals surface area contributed by atoms with Crippen molar-refractivity contribution in [1.82, 2.24) is 24.0 Å². The molecule has 1 fully saturated rings. The number of aliphatic imine (C=N–C) groups is 2. The van der Waals surface area contributed by atoms with Gasteiger partial charge >= 0.3 is 11.7 Å². The summed E-state index contributed by atoms with van der Waals surface area (Å²) in [6.07, 6.45) is 7.73. The zero-order valence-corrected chi connectivity index (χ0v) is 17.4. The lowest BCUT2D eigenvalue weighted by molar-refractivity contribution is 0.184. The van der Waals surface area contributed by atoms with Crippen LogP contribution in [0, 0.1) is 0 Å². The molecule has 11 nitrogen and oxygen atoms in total. The van der Waals surface area contributed by atoms with Gasteiger partial charge in [0.1, 0.15) is 18.1 Å². The number of likely N-dealkylation sites (tertiary alicyclic amines) is 1. The number of pyridine rings is 2. The first-order valence-corrected chi connectivity index (χ1v) is 10.4. The third-order valence-electron chi connectivity index (χ3n) is 5.92. The molecular weight excluding hydrogens is 412 g/mol. The zero-order valence-electron chi connectivity index (χ0n) is 17.4. The number of urea groups is 1. The van der Waals surface area contributed by atoms with E-state index >= 15 is 0 Å². The van der Waals surface area contributed by atoms with Crippen molar-refractivity contribution < 1.29 is 4.79 Å². The van der Waals surface area contributed by atoms with E-state index in [0.29, 0.717) is 31.6 Å². The second-order valence-electron chi connectivity index (χ2n) is 7.93. The Morgan fingerprint density at radius 1 is 1.25 bits per heavy atom. The molecule has 3 aromatic heterocycles. The number of anilines is 1. The number of imidazole rings is 1. The molecule has 0 saturated carbocycles. The minimum Gasteiger partial charge on any atom is -0.324 e. The molecule has 0 bridgehead atoms. The van der Waals surface area contributed by atoms with E-state index in [9.17, 15) is 14.4 Å². The predicted octanol–water partition coefficient (Wildman–Crippen LogP) is 1.45. The van der Waals surface area contributed by atoms with Crippen molar-refractivity contribution in [2.24, 2.45) is 17.0 Å². The molecule has 0 spiro atoms. The summed E-state index contributed by atoms with van der Waals surface area (Å²) in [6.45, 7) is 0.935. The Morgan fingerprint density at radius 3 is 2.81 bits per heavy atom. The molecule has 2 N–H and O–H groups in total. The van der Waals surface area contributed by atoms with Gasteiger partial charge in [0.2, 0.25) is 0 Å². The SMILES string of the molecule is Cn1cc(C2C=NC=N2)cc(NC(=O)N2CCC(n3c(=O)[nH]c4ncccc43)CC2)c1=O. The van der Waals surface area contributed by atoms with Gasteiger partial charge in [-0.05, 0) is 31.0 Å². The highest BCUT2D eigenvalue weighted by Crippen LogP contribution is 2.25. The topological polar surface area (TPSA) is 130 Å². The Labute approximate surface area is 182 Å². The van der Waals surface area contributed by atoms with Crippen molar-refractivity contribution in [3.63, 3.8) is 0 Å². The van der Waals surface area contributed by atoms with Crippen LogP contribution < -0.4 is 16.6 Å². The Balaban J connectivity index is 1.30. The smallest absolute Gasteiger partial charge is 0.324 e. The van der Waals surface area contributed by atoms with E-state index in [1.807, 2.05) is 6.07 Å². The number of fused-ring (bicyclic) bond motifs is 1. The Morgan fingerprint density at radius 2 is 2.06 bits per heavy atom. The summed E-state index contributed by atoms with van der Waals surface area (Å²) in [5.74, 6) is 0. The monoisotopic (exact) mass is 434 g/mol. The molecule has 0 aliphatic carbocycles. The molecule has 2 aliphatic rings. The number of carbonyl (C=O) groups is 1. The first-order valence-electron chi connectivity index (χ1n) is 10.4. The van der Waals surface area contributed by atoms with E-state index in [-0.39, 0.29) is 35.1 Å². The molecule has 3 aromatic rings. The predicted molar refractivity (Wildman–Crippen MR) is 121 cm³/mol. The number of aryl methyl sites for hydroxylation is 1. The van der Waals surface area contributed by atoms with Crippen molar-refractivity contribution in [3.05, 3.63) is 57.0 Å². The van der Waals surface area contributed by atoms with Crippen molar-refractivity contribution >= 4 is 35.4 Å². The fourth-order valence-electron chi connectivity index (χ4n) is 4.27. The molecule has 0 aromatic carbocycles. The molecule has 32 heavy (non-hydrogen) atoms. The van der Waals surface area contributed by atoms with Crippen LogP contribution in [0.4, 0.5) is 10.5 Å². The van der Waals surface area contributed by atoms with Gasteiger partial charge in [-0.25, -0.2) is 19.6 Å². The summed E-state index contributed by atoms with van der Waals surface area (Å²) in [6, 6.07) is 4.67. The Hall–Kier alpha value is -4.02. The summed E-state index contributed by atoms with van der Waals surface area (Å²) in [4.78, 5) is 54.7. The molecule has 1 atom stereocenters. The van der Waals surface area contributed by atoms with Crippen molar-refractivity contribution in [2.75, 3.05) is 18.4 Å². The first kappa shape index (κ1) is 19.9. The van der Waals surface area contributed by atoms with E-state index < -0.39 is 0 Å². The van der Waals surface area contributed by atoms with Crippen LogP contribution in [-0.2, 0) is 7.05 Å². The fraction of sp³-hybridized carbons (Fsp3) is 0.333. The zero-order chi connectivity index (χ0) is 22.2. The summed E-state index contributed by atoms with van der Waals surface area (Å²) in [5.41, 5.74) is 1.80. The summed E-state index contributed by atoms with van der Waals surface area (Å²) in [5, 5.41) is 2.75. The highest BCUT2D eigenvalue weighted by molar-refractivity contribution is 5.90. The molecule has 11 heteroatoms. The molecule has 5 rings (SSSR count). The van der Waals surface area contributed by atoms with E-state index in [2.05, 4.69) is 25.3 Å². The maximum Gasteiger partial charge on any atom is 0.327 e. The number of nitrogens with zero attached hydrogens (tertiary/aromatic N) is 6. The molecule has 0 radical (unpaired) electrons. The van der Waals surface area contributed by atoms with Crippen LogP contribution in [0.3, 0.4) is 0 Å². The van der Waals surface area contributed by atoms with Gasteiger partial charge in [0.25, 0.3) is 5.56 Å². The number of aromatic nitrogens is 4. The first-order chi connectivity index (χ1) is 15.5. The molecule has 5 heterocycles. The van der Waals surface area contributed by atoms with Crippen molar-refractivity contribution in [2.45, 2.75) is 24.9 Å². The molecule has 2 aliphatic heterocycles. The number of amides is 2. The number of piperidine rings is 1.